The third-order valence-corrected chi connectivity index (χ3v) is 4.70. The number of nitrogens with zero attached hydrogens (tertiary/aromatic N) is 1. The number of benzene rings is 1. The molecule has 1 saturated heterocycles. The van der Waals surface area contributed by atoms with Crippen LogP contribution in [0, 0.1) is 0 Å². The van der Waals surface area contributed by atoms with Crippen molar-refractivity contribution in [2.45, 2.75) is 13.3 Å². The van der Waals surface area contributed by atoms with E-state index in [0.29, 0.717) is 18.5 Å². The molecule has 2 rings (SSSR count). The van der Waals surface area contributed by atoms with Crippen LogP contribution in [-0.2, 0) is 10.0 Å². The average Bonchev–Trinajstić information content (AvgIpc) is 2.57. The van der Waals surface area contributed by atoms with Crippen LogP contribution in [0.4, 0.5) is 0 Å². The SMILES string of the molecule is CCN1/C(=C/c2ccccc2O)CCS1(=O)=O. The van der Waals surface area contributed by atoms with Crippen LogP contribution in [0.2, 0.25) is 0 Å². The first-order chi connectivity index (χ1) is 8.04. The molecule has 5 heteroatoms. The van der Waals surface area contributed by atoms with Crippen molar-refractivity contribution in [2.75, 3.05) is 12.3 Å². The minimum atomic E-state index is -3.14. The number of rotatable bonds is 2. The van der Waals surface area contributed by atoms with E-state index in [1.54, 1.807) is 24.3 Å². The van der Waals surface area contributed by atoms with Gasteiger partial charge in [-0.15, -0.1) is 0 Å². The lowest BCUT2D eigenvalue weighted by Crippen LogP contribution is -2.23. The highest BCUT2D eigenvalue weighted by atomic mass is 32.2. The van der Waals surface area contributed by atoms with E-state index in [1.165, 1.54) is 4.31 Å². The standard InChI is InChI=1S/C12H15NO3S/c1-2-13-11(7-8-17(13,15)16)9-10-5-3-4-6-12(10)14/h3-6,9,14H,2,7-8H2,1H3/b11-9+. The van der Waals surface area contributed by atoms with E-state index in [-0.39, 0.29) is 11.5 Å². The number of phenolic OH excluding ortho intramolecular Hbond substituents is 1. The fourth-order valence-corrected chi connectivity index (χ4v) is 3.56. The Balaban J connectivity index is 2.39. The van der Waals surface area contributed by atoms with E-state index in [2.05, 4.69) is 0 Å². The van der Waals surface area contributed by atoms with Gasteiger partial charge in [0.2, 0.25) is 10.0 Å². The Hall–Kier alpha value is -1.49. The van der Waals surface area contributed by atoms with Gasteiger partial charge < -0.3 is 5.11 Å². The first-order valence-electron chi connectivity index (χ1n) is 5.53. The Kier molecular flexibility index (Phi) is 3.11. The summed E-state index contributed by atoms with van der Waals surface area (Å²) in [5.74, 6) is 0.320. The lowest BCUT2D eigenvalue weighted by molar-refractivity contribution is 0.473. The second-order valence-corrected chi connectivity index (χ2v) is 5.94. The number of para-hydroxylation sites is 1. The molecular weight excluding hydrogens is 238 g/mol. The quantitative estimate of drug-likeness (QED) is 0.874. The van der Waals surface area contributed by atoms with Crippen molar-refractivity contribution in [1.82, 2.24) is 4.31 Å². The predicted octanol–water partition coefficient (Wildman–Crippen LogP) is 1.79. The molecule has 17 heavy (non-hydrogen) atoms. The fraction of sp³-hybridized carbons (Fsp3) is 0.333. The molecule has 1 aliphatic heterocycles. The van der Waals surface area contributed by atoms with Gasteiger partial charge in [-0.2, -0.15) is 0 Å². The van der Waals surface area contributed by atoms with Gasteiger partial charge >= 0.3 is 0 Å². The molecule has 0 unspecified atom stereocenters. The topological polar surface area (TPSA) is 57.6 Å². The van der Waals surface area contributed by atoms with Gasteiger partial charge in [0.15, 0.2) is 0 Å². The zero-order chi connectivity index (χ0) is 12.5. The minimum Gasteiger partial charge on any atom is -0.507 e. The van der Waals surface area contributed by atoms with E-state index >= 15 is 0 Å². The molecule has 0 saturated carbocycles. The molecule has 1 N–H and O–H groups in total. The third kappa shape index (κ3) is 2.29. The third-order valence-electron chi connectivity index (χ3n) is 2.82. The number of phenols is 1. The van der Waals surface area contributed by atoms with Crippen molar-refractivity contribution in [1.29, 1.82) is 0 Å². The Labute approximate surface area is 101 Å². The van der Waals surface area contributed by atoms with Gasteiger partial charge in [-0.3, -0.25) is 4.31 Å². The smallest absolute Gasteiger partial charge is 0.235 e. The molecule has 92 valence electrons. The van der Waals surface area contributed by atoms with Gasteiger partial charge in [0.25, 0.3) is 0 Å². The van der Waals surface area contributed by atoms with Crippen molar-refractivity contribution < 1.29 is 13.5 Å². The van der Waals surface area contributed by atoms with E-state index in [0.717, 1.165) is 5.70 Å². The van der Waals surface area contributed by atoms with Gasteiger partial charge in [-0.1, -0.05) is 18.2 Å². The summed E-state index contributed by atoms with van der Waals surface area (Å²) in [5, 5.41) is 9.65. The molecule has 4 nitrogen and oxygen atoms in total. The van der Waals surface area contributed by atoms with Crippen LogP contribution in [0.15, 0.2) is 30.0 Å². The summed E-state index contributed by atoms with van der Waals surface area (Å²) in [6.07, 6.45) is 2.24. The molecule has 0 atom stereocenters. The van der Waals surface area contributed by atoms with Crippen molar-refractivity contribution in [3.05, 3.63) is 35.5 Å². The maximum atomic E-state index is 11.7. The maximum Gasteiger partial charge on any atom is 0.235 e. The summed E-state index contributed by atoms with van der Waals surface area (Å²) >= 11 is 0. The minimum absolute atomic E-state index is 0.153. The second kappa shape index (κ2) is 4.41. The largest absolute Gasteiger partial charge is 0.507 e. The zero-order valence-electron chi connectivity index (χ0n) is 9.63. The van der Waals surface area contributed by atoms with Crippen molar-refractivity contribution in [2.24, 2.45) is 0 Å². The molecule has 0 bridgehead atoms. The predicted molar refractivity (Wildman–Crippen MR) is 66.9 cm³/mol. The van der Waals surface area contributed by atoms with Crippen LogP contribution in [0.5, 0.6) is 5.75 Å². The monoisotopic (exact) mass is 253 g/mol. The number of hydrogen-bond donors (Lipinski definition) is 1. The molecule has 1 aromatic rings. The van der Waals surface area contributed by atoms with Crippen molar-refractivity contribution in [3.63, 3.8) is 0 Å². The van der Waals surface area contributed by atoms with Gasteiger partial charge in [0, 0.05) is 24.2 Å². The molecule has 0 spiro atoms. The van der Waals surface area contributed by atoms with Gasteiger partial charge in [0.1, 0.15) is 5.75 Å². The van der Waals surface area contributed by atoms with Crippen LogP contribution in [0.1, 0.15) is 18.9 Å². The number of hydrogen-bond acceptors (Lipinski definition) is 3. The number of allylic oxidation sites excluding steroid dienone is 1. The molecular formula is C12H15NO3S. The first kappa shape index (κ1) is 12.0. The van der Waals surface area contributed by atoms with Crippen LogP contribution >= 0.6 is 0 Å². The highest BCUT2D eigenvalue weighted by Crippen LogP contribution is 2.28. The second-order valence-electron chi connectivity index (χ2n) is 3.93. The summed E-state index contributed by atoms with van der Waals surface area (Å²) in [4.78, 5) is 0. The highest BCUT2D eigenvalue weighted by molar-refractivity contribution is 7.89. The highest BCUT2D eigenvalue weighted by Gasteiger charge is 2.30. The van der Waals surface area contributed by atoms with Crippen LogP contribution < -0.4 is 0 Å². The molecule has 1 aliphatic rings. The van der Waals surface area contributed by atoms with Gasteiger partial charge in [-0.25, -0.2) is 8.42 Å². The first-order valence-corrected chi connectivity index (χ1v) is 7.14. The maximum absolute atomic E-state index is 11.7. The Morgan fingerprint density at radius 2 is 2.12 bits per heavy atom. The van der Waals surface area contributed by atoms with E-state index in [4.69, 9.17) is 0 Å². The van der Waals surface area contributed by atoms with Gasteiger partial charge in [0.05, 0.1) is 5.75 Å². The molecule has 1 heterocycles. The van der Waals surface area contributed by atoms with E-state index in [9.17, 15) is 13.5 Å². The summed E-state index contributed by atoms with van der Waals surface area (Å²) in [6.45, 7) is 2.24. The summed E-state index contributed by atoms with van der Waals surface area (Å²) in [6, 6.07) is 6.90. The van der Waals surface area contributed by atoms with Crippen LogP contribution in [-0.4, -0.2) is 30.1 Å². The fourth-order valence-electron chi connectivity index (χ4n) is 1.98. The number of aromatic hydroxyl groups is 1. The van der Waals surface area contributed by atoms with Crippen LogP contribution in [0.25, 0.3) is 6.08 Å². The summed E-state index contributed by atoms with van der Waals surface area (Å²) in [5.41, 5.74) is 1.40. The lowest BCUT2D eigenvalue weighted by atomic mass is 10.1. The Morgan fingerprint density at radius 1 is 1.41 bits per heavy atom. The Morgan fingerprint density at radius 3 is 2.76 bits per heavy atom. The lowest BCUT2D eigenvalue weighted by Gasteiger charge is -2.16. The molecule has 0 amide bonds. The zero-order valence-corrected chi connectivity index (χ0v) is 10.4. The summed E-state index contributed by atoms with van der Waals surface area (Å²) < 4.78 is 24.8. The Bertz CT molecular complexity index is 549. The molecule has 0 aromatic heterocycles. The normalized spacial score (nSPS) is 21.0. The molecule has 1 fully saturated rings. The molecule has 0 radical (unpaired) electrons. The summed E-state index contributed by atoms with van der Waals surface area (Å²) in [7, 11) is -3.14. The van der Waals surface area contributed by atoms with E-state index in [1.807, 2.05) is 13.0 Å². The van der Waals surface area contributed by atoms with Gasteiger partial charge in [-0.05, 0) is 19.1 Å². The average molecular weight is 253 g/mol. The molecule has 0 aliphatic carbocycles. The molecule has 1 aromatic carbocycles. The van der Waals surface area contributed by atoms with Crippen molar-refractivity contribution in [3.8, 4) is 5.75 Å². The van der Waals surface area contributed by atoms with E-state index < -0.39 is 10.0 Å². The van der Waals surface area contributed by atoms with Crippen LogP contribution in [0.3, 0.4) is 0 Å². The van der Waals surface area contributed by atoms with Crippen molar-refractivity contribution >= 4 is 16.1 Å². The number of sulfonamides is 1.